The molecule has 0 saturated carbocycles. The van der Waals surface area contributed by atoms with Crippen LogP contribution in [0.2, 0.25) is 0 Å². The van der Waals surface area contributed by atoms with Crippen molar-refractivity contribution >= 4 is 34.0 Å². The molecule has 1 aliphatic heterocycles. The van der Waals surface area contributed by atoms with Crippen LogP contribution in [0.1, 0.15) is 36.7 Å². The van der Waals surface area contributed by atoms with Gasteiger partial charge >= 0.3 is 0 Å². The second kappa shape index (κ2) is 10.4. The fraction of sp³-hybridized carbons (Fsp3) is 0.318. The van der Waals surface area contributed by atoms with Crippen LogP contribution in [0.3, 0.4) is 0 Å². The van der Waals surface area contributed by atoms with Crippen molar-refractivity contribution < 1.29 is 28.9 Å². The normalized spacial score (nSPS) is 13.3. The van der Waals surface area contributed by atoms with Crippen molar-refractivity contribution in [3.8, 4) is 23.0 Å². The highest BCUT2D eigenvalue weighted by Crippen LogP contribution is 2.35. The molecule has 10 heteroatoms. The van der Waals surface area contributed by atoms with Gasteiger partial charge in [-0.15, -0.1) is 0 Å². The highest BCUT2D eigenvalue weighted by Gasteiger charge is 2.25. The number of nitrogens with one attached hydrogen (secondary N) is 2. The van der Waals surface area contributed by atoms with Gasteiger partial charge in [0, 0.05) is 5.56 Å². The molecule has 1 heterocycles. The number of hydrogen-bond acceptors (Lipinski definition) is 7. The summed E-state index contributed by atoms with van der Waals surface area (Å²) >= 11 is 3.25. The van der Waals surface area contributed by atoms with Crippen LogP contribution >= 0.6 is 15.9 Å². The third kappa shape index (κ3) is 5.50. The Hall–Kier alpha value is -3.27. The Bertz CT molecular complexity index is 1040. The van der Waals surface area contributed by atoms with E-state index in [4.69, 9.17) is 14.2 Å². The minimum absolute atomic E-state index is 0.0147. The molecule has 2 aromatic carbocycles. The van der Waals surface area contributed by atoms with E-state index in [1.54, 1.807) is 37.3 Å². The van der Waals surface area contributed by atoms with Crippen molar-refractivity contribution in [1.29, 1.82) is 0 Å². The molecule has 170 valence electrons. The number of carbonyl (C=O) groups excluding carboxylic acids is 2. The maximum absolute atomic E-state index is 12.7. The van der Waals surface area contributed by atoms with Gasteiger partial charge in [-0.1, -0.05) is 13.8 Å². The van der Waals surface area contributed by atoms with Crippen molar-refractivity contribution in [1.82, 2.24) is 10.7 Å². The van der Waals surface area contributed by atoms with Crippen molar-refractivity contribution in [2.24, 2.45) is 11.0 Å². The standard InChI is InChI=1S/C22H24BrN3O6/c1-4-30-18-8-13(7-15(23)20(18)27)10-24-26-22(29)19(12(2)3)25-21(28)14-5-6-16-17(9-14)32-11-31-16/h5-10,12,19,27H,4,11H2,1-3H3,(H,25,28)(H,26,29). The Morgan fingerprint density at radius 2 is 2.00 bits per heavy atom. The number of aromatic hydroxyl groups is 1. The first kappa shape index (κ1) is 23.4. The van der Waals surface area contributed by atoms with Gasteiger partial charge in [0.1, 0.15) is 6.04 Å². The second-order valence-electron chi connectivity index (χ2n) is 7.28. The lowest BCUT2D eigenvalue weighted by molar-refractivity contribution is -0.123. The van der Waals surface area contributed by atoms with Gasteiger partial charge in [0.25, 0.3) is 11.8 Å². The zero-order chi connectivity index (χ0) is 23.3. The van der Waals surface area contributed by atoms with Crippen LogP contribution < -0.4 is 25.0 Å². The fourth-order valence-corrected chi connectivity index (χ4v) is 3.43. The van der Waals surface area contributed by atoms with Gasteiger partial charge in [-0.2, -0.15) is 5.10 Å². The molecule has 0 fully saturated rings. The third-order valence-corrected chi connectivity index (χ3v) is 5.21. The molecule has 9 nitrogen and oxygen atoms in total. The monoisotopic (exact) mass is 505 g/mol. The van der Waals surface area contributed by atoms with Crippen LogP contribution in [0.5, 0.6) is 23.0 Å². The number of phenols is 1. The molecule has 0 aliphatic carbocycles. The molecule has 2 aromatic rings. The minimum Gasteiger partial charge on any atom is -0.503 e. The first-order valence-electron chi connectivity index (χ1n) is 9.98. The van der Waals surface area contributed by atoms with E-state index in [-0.39, 0.29) is 18.5 Å². The number of hydrazone groups is 1. The van der Waals surface area contributed by atoms with Crippen LogP contribution in [-0.4, -0.2) is 42.6 Å². The van der Waals surface area contributed by atoms with Gasteiger partial charge in [0.2, 0.25) is 6.79 Å². The van der Waals surface area contributed by atoms with Crippen LogP contribution in [0.4, 0.5) is 0 Å². The van der Waals surface area contributed by atoms with E-state index < -0.39 is 17.9 Å². The maximum atomic E-state index is 12.7. The quantitative estimate of drug-likeness (QED) is 0.374. The highest BCUT2D eigenvalue weighted by molar-refractivity contribution is 9.10. The van der Waals surface area contributed by atoms with Crippen molar-refractivity contribution in [2.45, 2.75) is 26.8 Å². The summed E-state index contributed by atoms with van der Waals surface area (Å²) in [6, 6.07) is 7.25. The number of phenolic OH excluding ortho intramolecular Hbond substituents is 1. The highest BCUT2D eigenvalue weighted by atomic mass is 79.9. The van der Waals surface area contributed by atoms with Crippen molar-refractivity contribution in [2.75, 3.05) is 13.4 Å². The molecule has 0 bridgehead atoms. The van der Waals surface area contributed by atoms with E-state index in [1.807, 2.05) is 13.8 Å². The summed E-state index contributed by atoms with van der Waals surface area (Å²) in [5, 5.41) is 16.7. The molecular formula is C22H24BrN3O6. The average Bonchev–Trinajstić information content (AvgIpc) is 3.23. The van der Waals surface area contributed by atoms with Gasteiger partial charge < -0.3 is 24.6 Å². The number of hydrogen-bond donors (Lipinski definition) is 3. The van der Waals surface area contributed by atoms with Gasteiger partial charge in [0.15, 0.2) is 23.0 Å². The van der Waals surface area contributed by atoms with Crippen LogP contribution in [0, 0.1) is 5.92 Å². The Morgan fingerprint density at radius 1 is 1.25 bits per heavy atom. The lowest BCUT2D eigenvalue weighted by atomic mass is 10.0. The number of rotatable bonds is 8. The van der Waals surface area contributed by atoms with E-state index in [9.17, 15) is 14.7 Å². The van der Waals surface area contributed by atoms with Gasteiger partial charge in [-0.3, -0.25) is 9.59 Å². The molecule has 0 spiro atoms. The Labute approximate surface area is 193 Å². The van der Waals surface area contributed by atoms with E-state index in [2.05, 4.69) is 31.8 Å². The molecule has 32 heavy (non-hydrogen) atoms. The smallest absolute Gasteiger partial charge is 0.262 e. The summed E-state index contributed by atoms with van der Waals surface area (Å²) in [5.74, 6) is 0.278. The number of nitrogens with zero attached hydrogens (tertiary/aromatic N) is 1. The summed E-state index contributed by atoms with van der Waals surface area (Å²) in [5.41, 5.74) is 3.41. The lowest BCUT2D eigenvalue weighted by Gasteiger charge is -2.20. The average molecular weight is 506 g/mol. The van der Waals surface area contributed by atoms with E-state index in [0.717, 1.165) is 0 Å². The Kier molecular flexibility index (Phi) is 7.57. The largest absolute Gasteiger partial charge is 0.503 e. The molecule has 1 aliphatic rings. The van der Waals surface area contributed by atoms with Crippen molar-refractivity contribution in [3.05, 3.63) is 45.9 Å². The number of amides is 2. The summed E-state index contributed by atoms with van der Waals surface area (Å²) in [6.07, 6.45) is 1.42. The first-order chi connectivity index (χ1) is 15.3. The molecule has 0 saturated heterocycles. The lowest BCUT2D eigenvalue weighted by Crippen LogP contribution is -2.48. The van der Waals surface area contributed by atoms with Gasteiger partial charge in [-0.05, 0) is 64.7 Å². The minimum atomic E-state index is -0.810. The molecule has 0 radical (unpaired) electrons. The molecule has 1 atom stereocenters. The van der Waals surface area contributed by atoms with E-state index in [1.165, 1.54) is 6.21 Å². The summed E-state index contributed by atoms with van der Waals surface area (Å²) in [4.78, 5) is 25.3. The number of fused-ring (bicyclic) bond motifs is 1. The van der Waals surface area contributed by atoms with Crippen LogP contribution in [0.25, 0.3) is 0 Å². The van der Waals surface area contributed by atoms with Crippen molar-refractivity contribution in [3.63, 3.8) is 0 Å². The fourth-order valence-electron chi connectivity index (χ4n) is 2.97. The van der Waals surface area contributed by atoms with E-state index >= 15 is 0 Å². The molecule has 3 rings (SSSR count). The second-order valence-corrected chi connectivity index (χ2v) is 8.13. The summed E-state index contributed by atoms with van der Waals surface area (Å²) in [7, 11) is 0. The molecule has 3 N–H and O–H groups in total. The zero-order valence-electron chi connectivity index (χ0n) is 17.8. The zero-order valence-corrected chi connectivity index (χ0v) is 19.4. The van der Waals surface area contributed by atoms with E-state index in [0.29, 0.717) is 39.5 Å². The molecule has 2 amide bonds. The summed E-state index contributed by atoms with van der Waals surface area (Å²) < 4.78 is 16.4. The summed E-state index contributed by atoms with van der Waals surface area (Å²) in [6.45, 7) is 5.94. The molecule has 0 aromatic heterocycles. The Morgan fingerprint density at radius 3 is 2.72 bits per heavy atom. The maximum Gasteiger partial charge on any atom is 0.262 e. The topological polar surface area (TPSA) is 118 Å². The van der Waals surface area contributed by atoms with Crippen LogP contribution in [-0.2, 0) is 4.79 Å². The number of halogens is 1. The number of benzene rings is 2. The predicted molar refractivity (Wildman–Crippen MR) is 121 cm³/mol. The number of ether oxygens (including phenoxy) is 3. The van der Waals surface area contributed by atoms with Crippen LogP contribution in [0.15, 0.2) is 39.9 Å². The first-order valence-corrected chi connectivity index (χ1v) is 10.8. The third-order valence-electron chi connectivity index (χ3n) is 4.61. The van der Waals surface area contributed by atoms with Gasteiger partial charge in [0.05, 0.1) is 17.3 Å². The SMILES string of the molecule is CCOc1cc(C=NNC(=O)C(NC(=O)c2ccc3c(c2)OCO3)C(C)C)cc(Br)c1O. The predicted octanol–water partition coefficient (Wildman–Crippen LogP) is 3.19. The van der Waals surface area contributed by atoms with Gasteiger partial charge in [-0.25, -0.2) is 5.43 Å². The molecule has 1 unspecified atom stereocenters. The number of carbonyl (C=O) groups is 2. The Balaban J connectivity index is 1.66. The molecular weight excluding hydrogens is 482 g/mol.